The number of ether oxygens (including phenoxy) is 1. The van der Waals surface area contributed by atoms with Crippen molar-refractivity contribution in [1.29, 1.82) is 0 Å². The van der Waals surface area contributed by atoms with Crippen LogP contribution in [0.25, 0.3) is 11.3 Å². The van der Waals surface area contributed by atoms with Crippen LogP contribution < -0.4 is 0 Å². The summed E-state index contributed by atoms with van der Waals surface area (Å²) in [5.41, 5.74) is 0.218. The fourth-order valence-electron chi connectivity index (χ4n) is 1.36. The lowest BCUT2D eigenvalue weighted by molar-refractivity contribution is 0.0588. The molecule has 0 unspecified atom stereocenters. The Morgan fingerprint density at radius 1 is 1.41 bits per heavy atom. The van der Waals surface area contributed by atoms with Gasteiger partial charge in [-0.25, -0.2) is 18.6 Å². The highest BCUT2D eigenvalue weighted by molar-refractivity contribution is 5.86. The average molecular weight is 238 g/mol. The van der Waals surface area contributed by atoms with Crippen LogP contribution in [0.3, 0.4) is 0 Å². The van der Waals surface area contributed by atoms with E-state index in [4.69, 9.17) is 0 Å². The molecule has 2 aromatic rings. The number of esters is 1. The Balaban J connectivity index is 2.43. The van der Waals surface area contributed by atoms with Gasteiger partial charge >= 0.3 is 5.97 Å². The first-order valence-corrected chi connectivity index (χ1v) is 4.70. The Labute approximate surface area is 95.3 Å². The second kappa shape index (κ2) is 4.32. The molecule has 0 aliphatic heterocycles. The number of hydrogen-bond donors (Lipinski definition) is 1. The standard InChI is InChI=1S/C11H8F2N2O2/c1-17-11(16)10-14-5-9(15-10)7-4-6(12)2-3-8(7)13/h2-5H,1H3,(H,14,15). The highest BCUT2D eigenvalue weighted by Gasteiger charge is 2.13. The van der Waals surface area contributed by atoms with E-state index >= 15 is 0 Å². The third kappa shape index (κ3) is 2.15. The van der Waals surface area contributed by atoms with Crippen LogP contribution in [0.2, 0.25) is 0 Å². The molecule has 6 heteroatoms. The molecule has 0 radical (unpaired) electrons. The molecule has 1 N–H and O–H groups in total. The van der Waals surface area contributed by atoms with Crippen LogP contribution in [0.4, 0.5) is 8.78 Å². The summed E-state index contributed by atoms with van der Waals surface area (Å²) >= 11 is 0. The van der Waals surface area contributed by atoms with Crippen LogP contribution in [-0.4, -0.2) is 23.0 Å². The van der Waals surface area contributed by atoms with Crippen molar-refractivity contribution in [3.05, 3.63) is 41.9 Å². The van der Waals surface area contributed by atoms with Crippen molar-refractivity contribution in [2.75, 3.05) is 7.11 Å². The van der Waals surface area contributed by atoms with Crippen molar-refractivity contribution >= 4 is 5.97 Å². The number of methoxy groups -OCH3 is 1. The summed E-state index contributed by atoms with van der Waals surface area (Å²) in [6, 6.07) is 3.03. The Kier molecular flexibility index (Phi) is 2.86. The molecule has 0 aliphatic carbocycles. The number of H-pyrrole nitrogens is 1. The van der Waals surface area contributed by atoms with Gasteiger partial charge in [0.15, 0.2) is 0 Å². The maximum absolute atomic E-state index is 13.4. The second-order valence-corrected chi connectivity index (χ2v) is 3.26. The van der Waals surface area contributed by atoms with E-state index in [-0.39, 0.29) is 17.1 Å². The lowest BCUT2D eigenvalue weighted by Crippen LogP contribution is -2.03. The predicted octanol–water partition coefficient (Wildman–Crippen LogP) is 2.14. The van der Waals surface area contributed by atoms with Crippen LogP contribution in [-0.2, 0) is 4.74 Å². The van der Waals surface area contributed by atoms with Gasteiger partial charge in [0.1, 0.15) is 11.6 Å². The predicted molar refractivity (Wildman–Crippen MR) is 55.3 cm³/mol. The van der Waals surface area contributed by atoms with Crippen molar-refractivity contribution in [3.63, 3.8) is 0 Å². The van der Waals surface area contributed by atoms with Gasteiger partial charge in [0.25, 0.3) is 0 Å². The van der Waals surface area contributed by atoms with E-state index in [1.54, 1.807) is 0 Å². The van der Waals surface area contributed by atoms with E-state index in [2.05, 4.69) is 14.7 Å². The quantitative estimate of drug-likeness (QED) is 0.815. The van der Waals surface area contributed by atoms with Gasteiger partial charge in [-0.2, -0.15) is 0 Å². The fraction of sp³-hybridized carbons (Fsp3) is 0.0909. The number of imidazole rings is 1. The van der Waals surface area contributed by atoms with E-state index in [1.165, 1.54) is 13.3 Å². The van der Waals surface area contributed by atoms with Gasteiger partial charge in [0, 0.05) is 5.56 Å². The normalized spacial score (nSPS) is 10.3. The molecule has 0 aliphatic rings. The van der Waals surface area contributed by atoms with E-state index < -0.39 is 17.6 Å². The van der Waals surface area contributed by atoms with Crippen LogP contribution in [0.1, 0.15) is 10.6 Å². The lowest BCUT2D eigenvalue weighted by atomic mass is 10.1. The zero-order chi connectivity index (χ0) is 12.4. The Bertz CT molecular complexity index is 566. The summed E-state index contributed by atoms with van der Waals surface area (Å²) in [6.45, 7) is 0. The number of benzene rings is 1. The van der Waals surface area contributed by atoms with Crippen molar-refractivity contribution in [2.24, 2.45) is 0 Å². The highest BCUT2D eigenvalue weighted by atomic mass is 19.1. The van der Waals surface area contributed by atoms with Crippen molar-refractivity contribution in [1.82, 2.24) is 9.97 Å². The number of halogens is 2. The smallest absolute Gasteiger partial charge is 0.374 e. The van der Waals surface area contributed by atoms with Gasteiger partial charge in [-0.15, -0.1) is 0 Å². The van der Waals surface area contributed by atoms with Crippen LogP contribution in [0.15, 0.2) is 24.4 Å². The Hall–Kier alpha value is -2.24. The number of rotatable bonds is 2. The molecular formula is C11H8F2N2O2. The Morgan fingerprint density at radius 2 is 2.18 bits per heavy atom. The van der Waals surface area contributed by atoms with E-state index in [1.807, 2.05) is 0 Å². The van der Waals surface area contributed by atoms with Gasteiger partial charge in [0.2, 0.25) is 5.82 Å². The topological polar surface area (TPSA) is 55.0 Å². The number of carbonyl (C=O) groups is 1. The largest absolute Gasteiger partial charge is 0.463 e. The molecule has 2 rings (SSSR count). The number of nitrogens with zero attached hydrogens (tertiary/aromatic N) is 1. The van der Waals surface area contributed by atoms with Crippen molar-refractivity contribution in [2.45, 2.75) is 0 Å². The first-order chi connectivity index (χ1) is 8.11. The molecule has 0 atom stereocenters. The summed E-state index contributed by atoms with van der Waals surface area (Å²) in [4.78, 5) is 17.4. The molecule has 0 saturated carbocycles. The van der Waals surface area contributed by atoms with E-state index in [0.29, 0.717) is 0 Å². The zero-order valence-electron chi connectivity index (χ0n) is 8.83. The molecule has 0 fully saturated rings. The summed E-state index contributed by atoms with van der Waals surface area (Å²) in [6.07, 6.45) is 1.24. The highest BCUT2D eigenvalue weighted by Crippen LogP contribution is 2.21. The fourth-order valence-corrected chi connectivity index (χ4v) is 1.36. The van der Waals surface area contributed by atoms with Crippen molar-refractivity contribution < 1.29 is 18.3 Å². The maximum Gasteiger partial charge on any atom is 0.374 e. The summed E-state index contributed by atoms with van der Waals surface area (Å²) in [5, 5.41) is 0. The summed E-state index contributed by atoms with van der Waals surface area (Å²) in [5.74, 6) is -1.92. The minimum absolute atomic E-state index is 0.00709. The first-order valence-electron chi connectivity index (χ1n) is 4.70. The molecule has 88 valence electrons. The van der Waals surface area contributed by atoms with Gasteiger partial charge in [0.05, 0.1) is 19.0 Å². The SMILES string of the molecule is COC(=O)c1ncc(-c2cc(F)ccc2F)[nH]1. The van der Waals surface area contributed by atoms with Gasteiger partial charge in [-0.3, -0.25) is 0 Å². The van der Waals surface area contributed by atoms with E-state index in [9.17, 15) is 13.6 Å². The van der Waals surface area contributed by atoms with Gasteiger partial charge < -0.3 is 9.72 Å². The first kappa shape index (κ1) is 11.3. The van der Waals surface area contributed by atoms with Gasteiger partial charge in [-0.1, -0.05) is 0 Å². The maximum atomic E-state index is 13.4. The molecule has 1 heterocycles. The third-order valence-corrected chi connectivity index (χ3v) is 2.17. The van der Waals surface area contributed by atoms with Crippen LogP contribution in [0, 0.1) is 11.6 Å². The molecule has 0 bridgehead atoms. The minimum Gasteiger partial charge on any atom is -0.463 e. The van der Waals surface area contributed by atoms with Crippen molar-refractivity contribution in [3.8, 4) is 11.3 Å². The lowest BCUT2D eigenvalue weighted by Gasteiger charge is -1.99. The second-order valence-electron chi connectivity index (χ2n) is 3.26. The molecule has 0 amide bonds. The summed E-state index contributed by atoms with van der Waals surface area (Å²) in [7, 11) is 1.20. The molecule has 4 nitrogen and oxygen atoms in total. The number of hydrogen-bond acceptors (Lipinski definition) is 3. The van der Waals surface area contributed by atoms with Crippen LogP contribution in [0.5, 0.6) is 0 Å². The molecule has 17 heavy (non-hydrogen) atoms. The third-order valence-electron chi connectivity index (χ3n) is 2.17. The monoisotopic (exact) mass is 238 g/mol. The number of aromatic nitrogens is 2. The van der Waals surface area contributed by atoms with E-state index in [0.717, 1.165) is 18.2 Å². The van der Waals surface area contributed by atoms with Crippen LogP contribution >= 0.6 is 0 Å². The molecule has 0 saturated heterocycles. The summed E-state index contributed by atoms with van der Waals surface area (Å²) < 4.78 is 30.8. The number of aromatic amines is 1. The molecule has 1 aromatic heterocycles. The molecule has 0 spiro atoms. The Morgan fingerprint density at radius 3 is 2.88 bits per heavy atom. The minimum atomic E-state index is -0.673. The van der Waals surface area contributed by atoms with Gasteiger partial charge in [-0.05, 0) is 18.2 Å². The number of carbonyl (C=O) groups excluding carboxylic acids is 1. The number of nitrogens with one attached hydrogen (secondary N) is 1. The zero-order valence-corrected chi connectivity index (χ0v) is 8.83. The molecular weight excluding hydrogens is 230 g/mol. The molecule has 1 aromatic carbocycles. The average Bonchev–Trinajstić information content (AvgIpc) is 2.80.